The number of esters is 1. The van der Waals surface area contributed by atoms with Gasteiger partial charge in [0.25, 0.3) is 0 Å². The Bertz CT molecular complexity index is 1160. The van der Waals surface area contributed by atoms with Crippen LogP contribution in [0, 0.1) is 17.0 Å². The number of hydrogen-bond donors (Lipinski definition) is 0. The number of aryl methyl sites for hydroxylation is 1. The first-order valence-corrected chi connectivity index (χ1v) is 9.35. The van der Waals surface area contributed by atoms with Crippen molar-refractivity contribution in [2.75, 3.05) is 6.61 Å². The number of nitro benzene ring substituents is 1. The summed E-state index contributed by atoms with van der Waals surface area (Å²) < 4.78 is 15.7. The number of ether oxygens (including phenoxy) is 2. The lowest BCUT2D eigenvalue weighted by Gasteiger charge is -2.13. The molecule has 0 radical (unpaired) electrons. The molecule has 0 unspecified atom stereocenters. The van der Waals surface area contributed by atoms with Gasteiger partial charge in [-0.05, 0) is 42.2 Å². The molecule has 3 aromatic rings. The Kier molecular flexibility index (Phi) is 6.15. The number of para-hydroxylation sites is 2. The van der Waals surface area contributed by atoms with E-state index in [1.54, 1.807) is 12.1 Å². The molecule has 0 amide bonds. The summed E-state index contributed by atoms with van der Waals surface area (Å²) >= 11 is 0. The molecular weight excluding hydrogens is 390 g/mol. The first-order chi connectivity index (χ1) is 14.3. The van der Waals surface area contributed by atoms with Gasteiger partial charge >= 0.3 is 17.3 Å². The fraction of sp³-hybridized carbons (Fsp3) is 0.273. The molecule has 8 heteroatoms. The van der Waals surface area contributed by atoms with Crippen molar-refractivity contribution >= 4 is 22.6 Å². The van der Waals surface area contributed by atoms with Gasteiger partial charge in [-0.2, -0.15) is 0 Å². The van der Waals surface area contributed by atoms with Crippen LogP contribution < -0.4 is 10.4 Å². The minimum atomic E-state index is -0.717. The van der Waals surface area contributed by atoms with Gasteiger partial charge in [0.05, 0.1) is 4.92 Å². The van der Waals surface area contributed by atoms with Gasteiger partial charge in [-0.15, -0.1) is 0 Å². The van der Waals surface area contributed by atoms with Gasteiger partial charge in [0.1, 0.15) is 12.2 Å². The maximum atomic E-state index is 12.1. The summed E-state index contributed by atoms with van der Waals surface area (Å²) in [5, 5.41) is 11.7. The average Bonchev–Trinajstić information content (AvgIpc) is 2.69. The predicted molar refractivity (Wildman–Crippen MR) is 110 cm³/mol. The molecule has 8 nitrogen and oxygen atoms in total. The molecular formula is C22H21NO7. The van der Waals surface area contributed by atoms with Crippen LogP contribution in [0.15, 0.2) is 51.7 Å². The van der Waals surface area contributed by atoms with E-state index in [1.807, 2.05) is 13.0 Å². The minimum absolute atomic E-state index is 0.0256. The van der Waals surface area contributed by atoms with E-state index in [4.69, 9.17) is 13.9 Å². The lowest BCUT2D eigenvalue weighted by Crippen LogP contribution is -2.16. The van der Waals surface area contributed by atoms with Crippen molar-refractivity contribution in [3.8, 4) is 5.75 Å². The Morgan fingerprint density at radius 1 is 1.20 bits per heavy atom. The molecule has 0 atom stereocenters. The zero-order chi connectivity index (χ0) is 21.8. The van der Waals surface area contributed by atoms with Crippen molar-refractivity contribution < 1.29 is 23.6 Å². The molecule has 30 heavy (non-hydrogen) atoms. The first-order valence-electron chi connectivity index (χ1n) is 9.35. The molecule has 1 heterocycles. The Morgan fingerprint density at radius 2 is 1.93 bits per heavy atom. The van der Waals surface area contributed by atoms with Crippen LogP contribution in [0.1, 0.15) is 36.5 Å². The zero-order valence-electron chi connectivity index (χ0n) is 16.8. The van der Waals surface area contributed by atoms with Crippen molar-refractivity contribution in [1.29, 1.82) is 0 Å². The van der Waals surface area contributed by atoms with Gasteiger partial charge in [0, 0.05) is 23.1 Å². The average molecular weight is 411 g/mol. The van der Waals surface area contributed by atoms with E-state index in [2.05, 4.69) is 13.8 Å². The Morgan fingerprint density at radius 3 is 2.63 bits per heavy atom. The molecule has 0 saturated carbocycles. The Balaban J connectivity index is 1.75. The third-order valence-electron chi connectivity index (χ3n) is 4.63. The van der Waals surface area contributed by atoms with Crippen molar-refractivity contribution in [1.82, 2.24) is 0 Å². The second-order valence-electron chi connectivity index (χ2n) is 7.12. The van der Waals surface area contributed by atoms with Crippen LogP contribution in [0.5, 0.6) is 5.75 Å². The third-order valence-corrected chi connectivity index (χ3v) is 4.63. The second kappa shape index (κ2) is 8.77. The molecule has 0 fully saturated rings. The standard InChI is InChI=1S/C22H21NO7/c1-13(2)16-10-17-15(9-21(24)30-20(17)8-14(16)3)11-29-22(25)12-28-19-7-5-4-6-18(19)23(26)27/h4-10,13H,11-12H2,1-3H3. The van der Waals surface area contributed by atoms with Crippen molar-refractivity contribution in [2.45, 2.75) is 33.3 Å². The van der Waals surface area contributed by atoms with Crippen molar-refractivity contribution in [3.05, 3.63) is 79.7 Å². The van der Waals surface area contributed by atoms with Gasteiger partial charge < -0.3 is 13.9 Å². The number of benzene rings is 2. The van der Waals surface area contributed by atoms with E-state index in [0.717, 1.165) is 11.1 Å². The number of nitrogens with zero attached hydrogens (tertiary/aromatic N) is 1. The summed E-state index contributed by atoms with van der Waals surface area (Å²) in [5.74, 6) is -0.472. The highest BCUT2D eigenvalue weighted by Crippen LogP contribution is 2.28. The van der Waals surface area contributed by atoms with Gasteiger partial charge in [-0.25, -0.2) is 9.59 Å². The Hall–Kier alpha value is -3.68. The van der Waals surface area contributed by atoms with Crippen molar-refractivity contribution in [3.63, 3.8) is 0 Å². The molecule has 0 saturated heterocycles. The normalized spacial score (nSPS) is 10.9. The largest absolute Gasteiger partial charge is 0.475 e. The number of carbonyl (C=O) groups is 1. The molecule has 0 aliphatic rings. The van der Waals surface area contributed by atoms with Crippen LogP contribution >= 0.6 is 0 Å². The van der Waals surface area contributed by atoms with E-state index < -0.39 is 23.1 Å². The highest BCUT2D eigenvalue weighted by Gasteiger charge is 2.16. The molecule has 2 aromatic carbocycles. The van der Waals surface area contributed by atoms with Gasteiger partial charge in [0.15, 0.2) is 12.4 Å². The van der Waals surface area contributed by atoms with Gasteiger partial charge in [-0.1, -0.05) is 26.0 Å². The van der Waals surface area contributed by atoms with Crippen LogP contribution in [0.25, 0.3) is 11.0 Å². The molecule has 0 aliphatic carbocycles. The van der Waals surface area contributed by atoms with Crippen LogP contribution in [-0.2, 0) is 16.1 Å². The maximum absolute atomic E-state index is 12.1. The highest BCUT2D eigenvalue weighted by molar-refractivity contribution is 5.82. The number of nitro groups is 1. The number of carbonyl (C=O) groups excluding carboxylic acids is 1. The Labute approximate surface area is 172 Å². The number of rotatable bonds is 7. The fourth-order valence-electron chi connectivity index (χ4n) is 3.20. The van der Waals surface area contributed by atoms with E-state index in [9.17, 15) is 19.7 Å². The SMILES string of the molecule is Cc1cc2oc(=O)cc(COC(=O)COc3ccccc3[N+](=O)[O-])c2cc1C(C)C. The minimum Gasteiger partial charge on any atom is -0.475 e. The summed E-state index contributed by atoms with van der Waals surface area (Å²) in [6.07, 6.45) is 0. The molecule has 0 N–H and O–H groups in total. The second-order valence-corrected chi connectivity index (χ2v) is 7.12. The summed E-state index contributed by atoms with van der Waals surface area (Å²) in [7, 11) is 0. The number of hydrogen-bond acceptors (Lipinski definition) is 7. The monoisotopic (exact) mass is 411 g/mol. The van der Waals surface area contributed by atoms with Gasteiger partial charge in [0.2, 0.25) is 0 Å². The third kappa shape index (κ3) is 4.65. The lowest BCUT2D eigenvalue weighted by molar-refractivity contribution is -0.385. The molecule has 156 valence electrons. The fourth-order valence-corrected chi connectivity index (χ4v) is 3.20. The summed E-state index contributed by atoms with van der Waals surface area (Å²) in [4.78, 5) is 34.4. The van der Waals surface area contributed by atoms with Crippen LogP contribution in [-0.4, -0.2) is 17.5 Å². The van der Waals surface area contributed by atoms with Crippen molar-refractivity contribution in [2.24, 2.45) is 0 Å². The molecule has 0 bridgehead atoms. The molecule has 3 rings (SSSR count). The lowest BCUT2D eigenvalue weighted by atomic mass is 9.95. The molecule has 0 aliphatic heterocycles. The maximum Gasteiger partial charge on any atom is 0.344 e. The van der Waals surface area contributed by atoms with E-state index in [0.29, 0.717) is 16.5 Å². The summed E-state index contributed by atoms with van der Waals surface area (Å²) in [6.45, 7) is 5.42. The highest BCUT2D eigenvalue weighted by atomic mass is 16.6. The quantitative estimate of drug-likeness (QED) is 0.247. The van der Waals surface area contributed by atoms with Crippen LogP contribution in [0.2, 0.25) is 0 Å². The topological polar surface area (TPSA) is 109 Å². The predicted octanol–water partition coefficient (Wildman–Crippen LogP) is 4.26. The summed E-state index contributed by atoms with van der Waals surface area (Å²) in [5.41, 5.74) is 2.26. The van der Waals surface area contributed by atoms with E-state index >= 15 is 0 Å². The molecule has 0 spiro atoms. The van der Waals surface area contributed by atoms with Crippen LogP contribution in [0.3, 0.4) is 0 Å². The van der Waals surface area contributed by atoms with E-state index in [-0.39, 0.29) is 24.0 Å². The van der Waals surface area contributed by atoms with Gasteiger partial charge in [-0.3, -0.25) is 10.1 Å². The first kappa shape index (κ1) is 21.0. The summed E-state index contributed by atoms with van der Waals surface area (Å²) in [6, 6.07) is 10.8. The smallest absolute Gasteiger partial charge is 0.344 e. The number of fused-ring (bicyclic) bond motifs is 1. The van der Waals surface area contributed by atoms with E-state index in [1.165, 1.54) is 24.3 Å². The zero-order valence-corrected chi connectivity index (χ0v) is 16.8. The molecule has 1 aromatic heterocycles. The van der Waals surface area contributed by atoms with Crippen LogP contribution in [0.4, 0.5) is 5.69 Å².